The highest BCUT2D eigenvalue weighted by molar-refractivity contribution is 5.29. The van der Waals surface area contributed by atoms with Crippen LogP contribution in [0.25, 0.3) is 0 Å². The fourth-order valence-corrected chi connectivity index (χ4v) is 2.04. The van der Waals surface area contributed by atoms with Gasteiger partial charge in [-0.2, -0.15) is 0 Å². The van der Waals surface area contributed by atoms with E-state index in [2.05, 4.69) is 36.3 Å². The number of ether oxygens (including phenoxy) is 2. The number of benzene rings is 1. The van der Waals surface area contributed by atoms with E-state index in [0.717, 1.165) is 18.9 Å². The van der Waals surface area contributed by atoms with Crippen LogP contribution >= 0.6 is 0 Å². The van der Waals surface area contributed by atoms with E-state index in [0.29, 0.717) is 12.1 Å². The van der Waals surface area contributed by atoms with Gasteiger partial charge in [0.05, 0.1) is 13.7 Å². The van der Waals surface area contributed by atoms with Gasteiger partial charge in [-0.25, -0.2) is 0 Å². The van der Waals surface area contributed by atoms with Crippen LogP contribution in [0.5, 0.6) is 5.75 Å². The van der Waals surface area contributed by atoms with Crippen molar-refractivity contribution in [2.24, 2.45) is 0 Å². The fourth-order valence-electron chi connectivity index (χ4n) is 2.04. The number of hydrogen-bond acceptors (Lipinski definition) is 4. The minimum Gasteiger partial charge on any atom is -0.497 e. The Balaban J connectivity index is 2.66. The molecule has 0 radical (unpaired) electrons. The number of likely N-dealkylation sites (N-methyl/N-ethyl adjacent to an activating group) is 2. The summed E-state index contributed by atoms with van der Waals surface area (Å²) in [7, 11) is 7.54. The maximum absolute atomic E-state index is 5.20. The summed E-state index contributed by atoms with van der Waals surface area (Å²) in [5.74, 6) is 0.889. The lowest BCUT2D eigenvalue weighted by molar-refractivity contribution is 0.110. The zero-order valence-electron chi connectivity index (χ0n) is 12.6. The summed E-state index contributed by atoms with van der Waals surface area (Å²) in [6.45, 7) is 3.85. The molecule has 0 amide bonds. The molecule has 1 aromatic carbocycles. The van der Waals surface area contributed by atoms with Crippen LogP contribution in [-0.4, -0.2) is 52.4 Å². The molecule has 0 spiro atoms. The Hall–Kier alpha value is -1.10. The number of nitrogens with zero attached hydrogens (tertiary/aromatic N) is 1. The van der Waals surface area contributed by atoms with Crippen molar-refractivity contribution in [3.05, 3.63) is 29.8 Å². The molecule has 2 atom stereocenters. The summed E-state index contributed by atoms with van der Waals surface area (Å²) in [5.41, 5.74) is 1.26. The molecule has 1 rings (SSSR count). The van der Waals surface area contributed by atoms with Crippen molar-refractivity contribution in [2.45, 2.75) is 19.0 Å². The van der Waals surface area contributed by atoms with Crippen molar-refractivity contribution in [1.29, 1.82) is 0 Å². The normalized spacial score (nSPS) is 14.4. The van der Waals surface area contributed by atoms with Gasteiger partial charge >= 0.3 is 0 Å². The quantitative estimate of drug-likeness (QED) is 0.779. The molecule has 19 heavy (non-hydrogen) atoms. The van der Waals surface area contributed by atoms with Gasteiger partial charge in [0.2, 0.25) is 0 Å². The second kappa shape index (κ2) is 8.15. The van der Waals surface area contributed by atoms with E-state index in [1.165, 1.54) is 5.56 Å². The molecule has 4 nitrogen and oxygen atoms in total. The monoisotopic (exact) mass is 266 g/mol. The first kappa shape index (κ1) is 16.0. The lowest BCUT2D eigenvalue weighted by atomic mass is 10.1. The van der Waals surface area contributed by atoms with Gasteiger partial charge in [0.25, 0.3) is 0 Å². The van der Waals surface area contributed by atoms with Crippen LogP contribution in [0, 0.1) is 0 Å². The van der Waals surface area contributed by atoms with Crippen LogP contribution < -0.4 is 10.1 Å². The number of hydrogen-bond donors (Lipinski definition) is 1. The first-order valence-electron chi connectivity index (χ1n) is 6.62. The Morgan fingerprint density at radius 1 is 1.21 bits per heavy atom. The van der Waals surface area contributed by atoms with E-state index in [1.54, 1.807) is 14.2 Å². The van der Waals surface area contributed by atoms with Crippen molar-refractivity contribution >= 4 is 0 Å². The van der Waals surface area contributed by atoms with E-state index in [-0.39, 0.29) is 0 Å². The number of methoxy groups -OCH3 is 2. The SMILES string of the molecule is CNC(CN(C)C(C)COC)c1ccc(OC)cc1. The van der Waals surface area contributed by atoms with Gasteiger partial charge in [-0.15, -0.1) is 0 Å². The summed E-state index contributed by atoms with van der Waals surface area (Å²) in [6, 6.07) is 8.91. The molecule has 0 saturated carbocycles. The van der Waals surface area contributed by atoms with E-state index >= 15 is 0 Å². The molecule has 2 unspecified atom stereocenters. The molecule has 1 aromatic rings. The first-order valence-corrected chi connectivity index (χ1v) is 6.62. The van der Waals surface area contributed by atoms with Crippen molar-refractivity contribution in [2.75, 3.05) is 41.5 Å². The van der Waals surface area contributed by atoms with Gasteiger partial charge in [-0.05, 0) is 38.7 Å². The number of rotatable bonds is 8. The highest BCUT2D eigenvalue weighted by atomic mass is 16.5. The molecule has 0 aliphatic heterocycles. The summed E-state index contributed by atoms with van der Waals surface area (Å²) >= 11 is 0. The highest BCUT2D eigenvalue weighted by Gasteiger charge is 2.16. The van der Waals surface area contributed by atoms with Gasteiger partial charge in [0.15, 0.2) is 0 Å². The average Bonchev–Trinajstić information content (AvgIpc) is 2.45. The molecule has 108 valence electrons. The summed E-state index contributed by atoms with van der Waals surface area (Å²) in [5, 5.41) is 3.36. The van der Waals surface area contributed by atoms with E-state index in [4.69, 9.17) is 9.47 Å². The zero-order valence-corrected chi connectivity index (χ0v) is 12.6. The molecule has 1 N–H and O–H groups in total. The molecule has 0 bridgehead atoms. The molecular formula is C15H26N2O2. The van der Waals surface area contributed by atoms with Gasteiger partial charge in [-0.1, -0.05) is 12.1 Å². The molecule has 0 heterocycles. The zero-order chi connectivity index (χ0) is 14.3. The van der Waals surface area contributed by atoms with Gasteiger partial charge in [-0.3, -0.25) is 4.90 Å². The van der Waals surface area contributed by atoms with E-state index in [1.807, 2.05) is 19.2 Å². The van der Waals surface area contributed by atoms with Crippen LogP contribution in [0.3, 0.4) is 0 Å². The Morgan fingerprint density at radius 2 is 1.84 bits per heavy atom. The minimum atomic E-state index is 0.301. The van der Waals surface area contributed by atoms with Crippen molar-refractivity contribution in [3.63, 3.8) is 0 Å². The standard InChI is InChI=1S/C15H26N2O2/c1-12(11-18-4)17(3)10-15(16-2)13-6-8-14(19-5)9-7-13/h6-9,12,15-16H,10-11H2,1-5H3. The van der Waals surface area contributed by atoms with E-state index in [9.17, 15) is 0 Å². The molecule has 0 aliphatic carbocycles. The Kier molecular flexibility index (Phi) is 6.84. The maximum Gasteiger partial charge on any atom is 0.118 e. The molecule has 0 fully saturated rings. The van der Waals surface area contributed by atoms with Crippen molar-refractivity contribution < 1.29 is 9.47 Å². The Morgan fingerprint density at radius 3 is 2.32 bits per heavy atom. The lowest BCUT2D eigenvalue weighted by Crippen LogP contribution is -2.38. The van der Waals surface area contributed by atoms with Crippen LogP contribution in [-0.2, 0) is 4.74 Å². The lowest BCUT2D eigenvalue weighted by Gasteiger charge is -2.28. The molecule has 0 aromatic heterocycles. The third kappa shape index (κ3) is 4.82. The second-order valence-corrected chi connectivity index (χ2v) is 4.86. The van der Waals surface area contributed by atoms with Crippen LogP contribution in [0.1, 0.15) is 18.5 Å². The van der Waals surface area contributed by atoms with Gasteiger partial charge < -0.3 is 14.8 Å². The van der Waals surface area contributed by atoms with Gasteiger partial charge in [0.1, 0.15) is 5.75 Å². The second-order valence-electron chi connectivity index (χ2n) is 4.86. The van der Waals surface area contributed by atoms with Crippen LogP contribution in [0.4, 0.5) is 0 Å². The molecule has 4 heteroatoms. The summed E-state index contributed by atoms with van der Waals surface area (Å²) in [6.07, 6.45) is 0. The molecule has 0 saturated heterocycles. The fraction of sp³-hybridized carbons (Fsp3) is 0.600. The largest absolute Gasteiger partial charge is 0.497 e. The Labute approximate surface area is 116 Å². The minimum absolute atomic E-state index is 0.301. The molecule has 0 aliphatic rings. The average molecular weight is 266 g/mol. The first-order chi connectivity index (χ1) is 9.12. The highest BCUT2D eigenvalue weighted by Crippen LogP contribution is 2.18. The summed E-state index contributed by atoms with van der Waals surface area (Å²) in [4.78, 5) is 2.30. The van der Waals surface area contributed by atoms with Gasteiger partial charge in [0, 0.05) is 25.7 Å². The number of nitrogens with one attached hydrogen (secondary N) is 1. The van der Waals surface area contributed by atoms with Crippen LogP contribution in [0.2, 0.25) is 0 Å². The predicted octanol–water partition coefficient (Wildman–Crippen LogP) is 1.92. The third-order valence-electron chi connectivity index (χ3n) is 3.50. The topological polar surface area (TPSA) is 33.7 Å². The smallest absolute Gasteiger partial charge is 0.118 e. The van der Waals surface area contributed by atoms with Crippen molar-refractivity contribution in [3.8, 4) is 5.75 Å². The molecular weight excluding hydrogens is 240 g/mol. The Bertz CT molecular complexity index is 354. The van der Waals surface area contributed by atoms with Crippen LogP contribution in [0.15, 0.2) is 24.3 Å². The predicted molar refractivity (Wildman–Crippen MR) is 78.8 cm³/mol. The van der Waals surface area contributed by atoms with Crippen molar-refractivity contribution in [1.82, 2.24) is 10.2 Å². The maximum atomic E-state index is 5.20. The van der Waals surface area contributed by atoms with E-state index < -0.39 is 0 Å². The summed E-state index contributed by atoms with van der Waals surface area (Å²) < 4.78 is 10.4. The third-order valence-corrected chi connectivity index (χ3v) is 3.50.